The molecule has 0 bridgehead atoms. The van der Waals surface area contributed by atoms with Crippen molar-refractivity contribution in [3.63, 3.8) is 0 Å². The van der Waals surface area contributed by atoms with Gasteiger partial charge in [0.1, 0.15) is 29.3 Å². The summed E-state index contributed by atoms with van der Waals surface area (Å²) in [6.07, 6.45) is 2.57. The fraction of sp³-hybridized carbons (Fsp3) is 0.263. The van der Waals surface area contributed by atoms with Gasteiger partial charge in [-0.15, -0.1) is 0 Å². The minimum Gasteiger partial charge on any atom is -0.493 e. The van der Waals surface area contributed by atoms with Gasteiger partial charge in [-0.25, -0.2) is 9.98 Å². The standard InChI is InChI=1S/C19H19ClN8O2/c1-3-4-30-16-10(5-9(20)6-12(16)29-2)15-13-14(23)11(7-21)17(24)27-18(13)28-19(26-15)25-8-22/h5-6,15H,3-4H2,1-2H3,(H6,23,24,25,26,27,28). The van der Waals surface area contributed by atoms with Gasteiger partial charge in [-0.05, 0) is 12.5 Å². The third-order valence-electron chi connectivity index (χ3n) is 4.37. The predicted octanol–water partition coefficient (Wildman–Crippen LogP) is 2.51. The molecule has 154 valence electrons. The van der Waals surface area contributed by atoms with Crippen molar-refractivity contribution in [2.45, 2.75) is 19.4 Å². The number of halogens is 1. The van der Waals surface area contributed by atoms with E-state index in [1.165, 1.54) is 7.11 Å². The summed E-state index contributed by atoms with van der Waals surface area (Å²) in [6.45, 7) is 2.40. The number of ether oxygens (including phenoxy) is 2. The van der Waals surface area contributed by atoms with Gasteiger partial charge >= 0.3 is 0 Å². The number of aromatic nitrogens is 1. The van der Waals surface area contributed by atoms with Crippen LogP contribution in [0, 0.1) is 22.8 Å². The second-order valence-electron chi connectivity index (χ2n) is 6.28. The smallest absolute Gasteiger partial charge is 0.211 e. The molecular formula is C19H19ClN8O2. The van der Waals surface area contributed by atoms with E-state index in [2.05, 4.69) is 20.6 Å². The minimum absolute atomic E-state index is 0.0376. The normalized spacial score (nSPS) is 14.4. The number of anilines is 3. The van der Waals surface area contributed by atoms with Gasteiger partial charge in [0.2, 0.25) is 5.96 Å². The second-order valence-corrected chi connectivity index (χ2v) is 6.71. The van der Waals surface area contributed by atoms with Crippen molar-refractivity contribution in [1.29, 1.82) is 10.5 Å². The molecule has 11 heteroatoms. The third kappa shape index (κ3) is 3.69. The first-order valence-electron chi connectivity index (χ1n) is 8.94. The van der Waals surface area contributed by atoms with Gasteiger partial charge in [0, 0.05) is 22.2 Å². The number of rotatable bonds is 5. The molecule has 0 saturated carbocycles. The van der Waals surface area contributed by atoms with Crippen LogP contribution < -0.4 is 31.6 Å². The first-order valence-corrected chi connectivity index (χ1v) is 9.31. The van der Waals surface area contributed by atoms with Gasteiger partial charge in [0.25, 0.3) is 0 Å². The Balaban J connectivity index is 2.32. The number of hydrogen-bond donors (Lipinski definition) is 4. The Bertz CT molecular complexity index is 1100. The maximum atomic E-state index is 9.46. The molecule has 0 spiro atoms. The number of nitriles is 2. The van der Waals surface area contributed by atoms with E-state index in [1.54, 1.807) is 18.3 Å². The predicted molar refractivity (Wildman–Crippen MR) is 113 cm³/mol. The van der Waals surface area contributed by atoms with Crippen molar-refractivity contribution in [3.05, 3.63) is 33.8 Å². The number of fused-ring (bicyclic) bond motifs is 1. The summed E-state index contributed by atoms with van der Waals surface area (Å²) in [6, 6.07) is 4.47. The zero-order chi connectivity index (χ0) is 21.8. The number of nitrogens with zero attached hydrogens (tertiary/aromatic N) is 4. The van der Waals surface area contributed by atoms with E-state index in [0.29, 0.717) is 34.3 Å². The van der Waals surface area contributed by atoms with Crippen LogP contribution in [0.15, 0.2) is 17.1 Å². The van der Waals surface area contributed by atoms with Crippen molar-refractivity contribution < 1.29 is 9.47 Å². The highest BCUT2D eigenvalue weighted by Crippen LogP contribution is 2.46. The van der Waals surface area contributed by atoms with Crippen LogP contribution in [-0.4, -0.2) is 24.7 Å². The lowest BCUT2D eigenvalue weighted by Crippen LogP contribution is -2.33. The number of nitrogens with one attached hydrogen (secondary N) is 2. The first-order chi connectivity index (χ1) is 14.4. The molecule has 2 aromatic rings. The van der Waals surface area contributed by atoms with Crippen LogP contribution >= 0.6 is 11.6 Å². The van der Waals surface area contributed by atoms with Crippen LogP contribution in [0.1, 0.15) is 36.1 Å². The fourth-order valence-electron chi connectivity index (χ4n) is 3.11. The van der Waals surface area contributed by atoms with E-state index >= 15 is 0 Å². The first kappa shape index (κ1) is 20.8. The Morgan fingerprint density at radius 2 is 2.10 bits per heavy atom. The summed E-state index contributed by atoms with van der Waals surface area (Å²) in [5, 5.41) is 24.2. The average molecular weight is 427 g/mol. The summed E-state index contributed by atoms with van der Waals surface area (Å²) in [5.41, 5.74) is 13.3. The lowest BCUT2D eigenvalue weighted by atomic mass is 9.94. The van der Waals surface area contributed by atoms with Crippen LogP contribution in [0.25, 0.3) is 0 Å². The maximum Gasteiger partial charge on any atom is 0.211 e. The number of guanidine groups is 1. The molecule has 0 radical (unpaired) electrons. The molecule has 0 amide bonds. The van der Waals surface area contributed by atoms with E-state index < -0.39 is 6.04 Å². The Morgan fingerprint density at radius 1 is 1.33 bits per heavy atom. The molecular weight excluding hydrogens is 408 g/mol. The quantitative estimate of drug-likeness (QED) is 0.414. The number of benzene rings is 1. The molecule has 6 N–H and O–H groups in total. The minimum atomic E-state index is -0.795. The van der Waals surface area contributed by atoms with Gasteiger partial charge < -0.3 is 26.3 Å². The molecule has 0 saturated heterocycles. The summed E-state index contributed by atoms with van der Waals surface area (Å²) in [4.78, 5) is 8.78. The van der Waals surface area contributed by atoms with Crippen LogP contribution in [-0.2, 0) is 0 Å². The molecule has 1 atom stereocenters. The molecule has 2 heterocycles. The number of nitrogen functional groups attached to an aromatic ring is 2. The largest absolute Gasteiger partial charge is 0.493 e. The van der Waals surface area contributed by atoms with Crippen molar-refractivity contribution in [1.82, 2.24) is 10.3 Å². The highest BCUT2D eigenvalue weighted by molar-refractivity contribution is 6.30. The topological polar surface area (TPSA) is 167 Å². The SMILES string of the molecule is CCCOc1c(OC)cc(Cl)cc1C1N=C(NC#N)Nc2nc(N)c(C#N)c(N)c21. The number of methoxy groups -OCH3 is 1. The molecule has 10 nitrogen and oxygen atoms in total. The van der Waals surface area contributed by atoms with Gasteiger partial charge in [-0.2, -0.15) is 10.5 Å². The summed E-state index contributed by atoms with van der Waals surface area (Å²) in [7, 11) is 1.50. The Kier molecular flexibility index (Phi) is 6.00. The zero-order valence-corrected chi connectivity index (χ0v) is 17.0. The number of hydrogen-bond acceptors (Lipinski definition) is 10. The van der Waals surface area contributed by atoms with Crippen LogP contribution in [0.2, 0.25) is 5.02 Å². The molecule has 0 aliphatic carbocycles. The van der Waals surface area contributed by atoms with Gasteiger partial charge in [-0.1, -0.05) is 18.5 Å². The molecule has 30 heavy (non-hydrogen) atoms. The van der Waals surface area contributed by atoms with Crippen molar-refractivity contribution >= 4 is 34.9 Å². The highest BCUT2D eigenvalue weighted by atomic mass is 35.5. The monoisotopic (exact) mass is 426 g/mol. The van der Waals surface area contributed by atoms with Crippen molar-refractivity contribution in [2.75, 3.05) is 30.5 Å². The highest BCUT2D eigenvalue weighted by Gasteiger charge is 2.32. The van der Waals surface area contributed by atoms with E-state index in [0.717, 1.165) is 6.42 Å². The van der Waals surface area contributed by atoms with Gasteiger partial charge in [-0.3, -0.25) is 5.32 Å². The Morgan fingerprint density at radius 3 is 2.73 bits per heavy atom. The number of pyridine rings is 1. The lowest BCUT2D eigenvalue weighted by molar-refractivity contribution is 0.290. The number of aliphatic imine (C=N–C) groups is 1. The average Bonchev–Trinajstić information content (AvgIpc) is 2.72. The molecule has 1 aromatic heterocycles. The molecule has 1 unspecified atom stereocenters. The summed E-state index contributed by atoms with van der Waals surface area (Å²) < 4.78 is 11.4. The third-order valence-corrected chi connectivity index (χ3v) is 4.59. The van der Waals surface area contributed by atoms with Crippen LogP contribution in [0.3, 0.4) is 0 Å². The Labute approximate surface area is 178 Å². The van der Waals surface area contributed by atoms with Crippen molar-refractivity contribution in [2.24, 2.45) is 4.99 Å². The van der Waals surface area contributed by atoms with Gasteiger partial charge in [0.15, 0.2) is 17.7 Å². The second kappa shape index (κ2) is 8.64. The van der Waals surface area contributed by atoms with E-state index in [1.807, 2.05) is 13.0 Å². The molecule has 3 rings (SSSR count). The number of nitrogens with two attached hydrogens (primary N) is 2. The fourth-order valence-corrected chi connectivity index (χ4v) is 3.32. The van der Waals surface area contributed by atoms with Crippen LogP contribution in [0.4, 0.5) is 17.3 Å². The molecule has 1 aliphatic heterocycles. The lowest BCUT2D eigenvalue weighted by Gasteiger charge is -2.28. The van der Waals surface area contributed by atoms with Gasteiger partial charge in [0.05, 0.1) is 19.4 Å². The molecule has 0 fully saturated rings. The summed E-state index contributed by atoms with van der Waals surface area (Å²) in [5.74, 6) is 1.20. The maximum absolute atomic E-state index is 9.46. The van der Waals surface area contributed by atoms with E-state index in [-0.39, 0.29) is 28.8 Å². The van der Waals surface area contributed by atoms with Crippen LogP contribution in [0.5, 0.6) is 11.5 Å². The van der Waals surface area contributed by atoms with E-state index in [4.69, 9.17) is 37.8 Å². The molecule has 1 aliphatic rings. The Hall–Kier alpha value is -3.89. The van der Waals surface area contributed by atoms with Crippen molar-refractivity contribution in [3.8, 4) is 23.8 Å². The molecule has 1 aromatic carbocycles. The zero-order valence-electron chi connectivity index (χ0n) is 16.3. The van der Waals surface area contributed by atoms with E-state index in [9.17, 15) is 5.26 Å². The summed E-state index contributed by atoms with van der Waals surface area (Å²) >= 11 is 6.32.